The standard InChI is InChI=1S/C9H10ClF2NO/c10-7-3-1-2-6(8(7)14)9(11,12)4-5-13/h1-3,14H,4-5,13H2. The van der Waals surface area contributed by atoms with Crippen molar-refractivity contribution in [3.05, 3.63) is 28.8 Å². The summed E-state index contributed by atoms with van der Waals surface area (Å²) in [7, 11) is 0. The summed E-state index contributed by atoms with van der Waals surface area (Å²) in [5, 5.41) is 9.22. The topological polar surface area (TPSA) is 46.2 Å². The second-order valence-corrected chi connectivity index (χ2v) is 3.29. The van der Waals surface area contributed by atoms with E-state index in [4.69, 9.17) is 17.3 Å². The Morgan fingerprint density at radius 2 is 2.07 bits per heavy atom. The lowest BCUT2D eigenvalue weighted by Crippen LogP contribution is -2.18. The smallest absolute Gasteiger partial charge is 0.278 e. The van der Waals surface area contributed by atoms with Crippen molar-refractivity contribution in [1.29, 1.82) is 0 Å². The number of rotatable bonds is 3. The Bertz CT molecular complexity index is 331. The maximum Gasteiger partial charge on any atom is 0.278 e. The largest absolute Gasteiger partial charge is 0.506 e. The SMILES string of the molecule is NCCC(F)(F)c1cccc(Cl)c1O. The van der Waals surface area contributed by atoms with Crippen molar-refractivity contribution in [2.45, 2.75) is 12.3 Å². The number of halogens is 3. The summed E-state index contributed by atoms with van der Waals surface area (Å²) in [6.07, 6.45) is -0.513. The molecule has 0 bridgehead atoms. The molecule has 0 unspecified atom stereocenters. The quantitative estimate of drug-likeness (QED) is 0.824. The van der Waals surface area contributed by atoms with Crippen LogP contribution in [0.3, 0.4) is 0 Å². The highest BCUT2D eigenvalue weighted by atomic mass is 35.5. The summed E-state index contributed by atoms with van der Waals surface area (Å²) >= 11 is 5.51. The summed E-state index contributed by atoms with van der Waals surface area (Å²) in [6, 6.07) is 3.84. The zero-order valence-corrected chi connectivity index (χ0v) is 8.06. The highest BCUT2D eigenvalue weighted by Crippen LogP contribution is 2.39. The van der Waals surface area contributed by atoms with Crippen LogP contribution in [0.4, 0.5) is 8.78 Å². The number of nitrogens with two attached hydrogens (primary N) is 1. The van der Waals surface area contributed by atoms with Gasteiger partial charge >= 0.3 is 0 Å². The van der Waals surface area contributed by atoms with Gasteiger partial charge in [-0.1, -0.05) is 17.7 Å². The van der Waals surface area contributed by atoms with Crippen molar-refractivity contribution in [2.24, 2.45) is 5.73 Å². The monoisotopic (exact) mass is 221 g/mol. The first kappa shape index (κ1) is 11.2. The lowest BCUT2D eigenvalue weighted by molar-refractivity contribution is -0.0127. The first-order chi connectivity index (χ1) is 6.49. The third kappa shape index (κ3) is 2.13. The lowest BCUT2D eigenvalue weighted by Gasteiger charge is -2.17. The van der Waals surface area contributed by atoms with E-state index in [2.05, 4.69) is 0 Å². The molecule has 0 saturated heterocycles. The van der Waals surface area contributed by atoms with Crippen LogP contribution in [-0.4, -0.2) is 11.7 Å². The molecule has 1 rings (SSSR count). The minimum atomic E-state index is -3.14. The number of hydrogen-bond acceptors (Lipinski definition) is 2. The van der Waals surface area contributed by atoms with E-state index < -0.39 is 23.7 Å². The number of alkyl halides is 2. The van der Waals surface area contributed by atoms with Crippen LogP contribution in [0, 0.1) is 0 Å². The Hall–Kier alpha value is -0.870. The van der Waals surface area contributed by atoms with E-state index in [0.717, 1.165) is 6.07 Å². The predicted octanol–water partition coefficient (Wildman–Crippen LogP) is 2.49. The summed E-state index contributed by atoms with van der Waals surface area (Å²) in [5.41, 5.74) is 4.57. The van der Waals surface area contributed by atoms with Gasteiger partial charge in [-0.15, -0.1) is 0 Å². The molecule has 1 aromatic carbocycles. The Labute approximate surface area is 85.3 Å². The van der Waals surface area contributed by atoms with E-state index in [1.54, 1.807) is 0 Å². The number of para-hydroxylation sites is 1. The second kappa shape index (κ2) is 4.11. The Morgan fingerprint density at radius 3 is 2.64 bits per heavy atom. The van der Waals surface area contributed by atoms with Crippen molar-refractivity contribution >= 4 is 11.6 Å². The third-order valence-corrected chi connectivity index (χ3v) is 2.14. The maximum atomic E-state index is 13.3. The molecule has 78 valence electrons. The average Bonchev–Trinajstić information content (AvgIpc) is 2.09. The zero-order chi connectivity index (χ0) is 10.8. The van der Waals surface area contributed by atoms with E-state index in [0.29, 0.717) is 0 Å². The van der Waals surface area contributed by atoms with Crippen LogP contribution in [0.25, 0.3) is 0 Å². The molecule has 0 amide bonds. The first-order valence-corrected chi connectivity index (χ1v) is 4.42. The fraction of sp³-hybridized carbons (Fsp3) is 0.333. The summed E-state index contributed by atoms with van der Waals surface area (Å²) < 4.78 is 26.6. The van der Waals surface area contributed by atoms with Crippen molar-refractivity contribution in [3.8, 4) is 5.75 Å². The minimum absolute atomic E-state index is 0.0841. The predicted molar refractivity (Wildman–Crippen MR) is 50.7 cm³/mol. The number of benzene rings is 1. The highest BCUT2D eigenvalue weighted by Gasteiger charge is 2.33. The molecule has 0 atom stereocenters. The van der Waals surface area contributed by atoms with Crippen LogP contribution in [0.1, 0.15) is 12.0 Å². The van der Waals surface area contributed by atoms with Gasteiger partial charge in [0.2, 0.25) is 0 Å². The van der Waals surface area contributed by atoms with Gasteiger partial charge < -0.3 is 10.8 Å². The molecule has 0 heterocycles. The molecule has 3 N–H and O–H groups in total. The van der Waals surface area contributed by atoms with E-state index in [1.165, 1.54) is 12.1 Å². The molecule has 1 aromatic rings. The summed E-state index contributed by atoms with van der Waals surface area (Å²) in [4.78, 5) is 0. The van der Waals surface area contributed by atoms with Crippen LogP contribution in [0.15, 0.2) is 18.2 Å². The molecule has 0 aliphatic heterocycles. The van der Waals surface area contributed by atoms with Gasteiger partial charge in [0.05, 0.1) is 10.6 Å². The van der Waals surface area contributed by atoms with Gasteiger partial charge in [-0.3, -0.25) is 0 Å². The maximum absolute atomic E-state index is 13.3. The molecule has 5 heteroatoms. The van der Waals surface area contributed by atoms with Crippen LogP contribution < -0.4 is 5.73 Å². The van der Waals surface area contributed by atoms with Crippen molar-refractivity contribution in [3.63, 3.8) is 0 Å². The normalized spacial score (nSPS) is 11.7. The van der Waals surface area contributed by atoms with E-state index in [9.17, 15) is 13.9 Å². The molecule has 0 aliphatic carbocycles. The summed E-state index contributed by atoms with van der Waals surface area (Å²) in [6.45, 7) is -0.154. The van der Waals surface area contributed by atoms with Crippen molar-refractivity contribution in [2.75, 3.05) is 6.54 Å². The molecule has 2 nitrogen and oxygen atoms in total. The summed E-state index contributed by atoms with van der Waals surface area (Å²) in [5.74, 6) is -3.71. The van der Waals surface area contributed by atoms with Gasteiger partial charge in [-0.2, -0.15) is 0 Å². The Balaban J connectivity index is 3.12. The fourth-order valence-corrected chi connectivity index (χ4v) is 1.30. The molecule has 0 fully saturated rings. The molecule has 0 spiro atoms. The third-order valence-electron chi connectivity index (χ3n) is 1.84. The molecule has 0 saturated carbocycles. The second-order valence-electron chi connectivity index (χ2n) is 2.88. The van der Waals surface area contributed by atoms with Gasteiger partial charge in [-0.25, -0.2) is 8.78 Å². The van der Waals surface area contributed by atoms with Gasteiger partial charge in [-0.05, 0) is 18.7 Å². The molecular weight excluding hydrogens is 212 g/mol. The number of phenols is 1. The van der Waals surface area contributed by atoms with Gasteiger partial charge in [0.15, 0.2) is 0 Å². The van der Waals surface area contributed by atoms with E-state index in [1.807, 2.05) is 0 Å². The van der Waals surface area contributed by atoms with Crippen LogP contribution in [0.5, 0.6) is 5.75 Å². The average molecular weight is 222 g/mol. The molecule has 0 radical (unpaired) electrons. The van der Waals surface area contributed by atoms with Crippen molar-refractivity contribution < 1.29 is 13.9 Å². The number of phenolic OH excluding ortho intramolecular Hbond substituents is 1. The van der Waals surface area contributed by atoms with Crippen LogP contribution in [-0.2, 0) is 5.92 Å². The number of hydrogen-bond donors (Lipinski definition) is 2. The highest BCUT2D eigenvalue weighted by molar-refractivity contribution is 6.32. The van der Waals surface area contributed by atoms with Gasteiger partial charge in [0.25, 0.3) is 5.92 Å². The minimum Gasteiger partial charge on any atom is -0.506 e. The van der Waals surface area contributed by atoms with E-state index in [-0.39, 0.29) is 11.6 Å². The zero-order valence-electron chi connectivity index (χ0n) is 7.30. The Kier molecular flexibility index (Phi) is 3.29. The van der Waals surface area contributed by atoms with Gasteiger partial charge in [0.1, 0.15) is 5.75 Å². The van der Waals surface area contributed by atoms with E-state index >= 15 is 0 Å². The van der Waals surface area contributed by atoms with Crippen LogP contribution >= 0.6 is 11.6 Å². The molecule has 14 heavy (non-hydrogen) atoms. The molecular formula is C9H10ClF2NO. The molecule has 0 aromatic heterocycles. The fourth-order valence-electron chi connectivity index (χ4n) is 1.13. The lowest BCUT2D eigenvalue weighted by atomic mass is 10.0. The van der Waals surface area contributed by atoms with Crippen molar-refractivity contribution in [1.82, 2.24) is 0 Å². The van der Waals surface area contributed by atoms with Crippen LogP contribution in [0.2, 0.25) is 5.02 Å². The van der Waals surface area contributed by atoms with Gasteiger partial charge in [0, 0.05) is 6.42 Å². The molecule has 0 aliphatic rings. The number of aromatic hydroxyl groups is 1. The Morgan fingerprint density at radius 1 is 1.43 bits per heavy atom. The first-order valence-electron chi connectivity index (χ1n) is 4.05.